The number of rotatable bonds is 8. The molecule has 102 valence electrons. The number of nitrogens with one attached hydrogen (secondary N) is 1. The predicted octanol–water partition coefficient (Wildman–Crippen LogP) is 3.84. The van der Waals surface area contributed by atoms with Crippen molar-refractivity contribution in [1.82, 2.24) is 5.43 Å². The fourth-order valence-corrected chi connectivity index (χ4v) is 2.78. The SMILES string of the molecule is CCC(CC)CC(NN)C(CC)c1ccccc1. The van der Waals surface area contributed by atoms with E-state index in [-0.39, 0.29) is 0 Å². The number of nitrogens with two attached hydrogens (primary N) is 1. The van der Waals surface area contributed by atoms with Crippen LogP contribution in [-0.2, 0) is 0 Å². The number of hydrazine groups is 1. The Morgan fingerprint density at radius 2 is 1.61 bits per heavy atom. The zero-order valence-electron chi connectivity index (χ0n) is 12.0. The minimum Gasteiger partial charge on any atom is -0.271 e. The van der Waals surface area contributed by atoms with Crippen molar-refractivity contribution in [2.45, 2.75) is 58.4 Å². The molecule has 18 heavy (non-hydrogen) atoms. The maximum atomic E-state index is 5.79. The molecule has 2 heteroatoms. The van der Waals surface area contributed by atoms with E-state index in [9.17, 15) is 0 Å². The molecule has 0 fully saturated rings. The van der Waals surface area contributed by atoms with Gasteiger partial charge in [-0.3, -0.25) is 11.3 Å². The standard InChI is InChI=1S/C16H28N2/c1-4-13(5-2)12-16(18-17)15(6-3)14-10-8-7-9-11-14/h7-11,13,15-16,18H,4-6,12,17H2,1-3H3. The minimum absolute atomic E-state index is 0.377. The second kappa shape index (κ2) is 8.28. The van der Waals surface area contributed by atoms with Gasteiger partial charge in [-0.25, -0.2) is 0 Å². The van der Waals surface area contributed by atoms with E-state index in [1.807, 2.05) is 0 Å². The van der Waals surface area contributed by atoms with Gasteiger partial charge < -0.3 is 0 Å². The Bertz CT molecular complexity index is 306. The Balaban J connectivity index is 2.77. The van der Waals surface area contributed by atoms with Gasteiger partial charge in [0, 0.05) is 12.0 Å². The van der Waals surface area contributed by atoms with Crippen molar-refractivity contribution in [2.24, 2.45) is 11.8 Å². The molecule has 2 atom stereocenters. The molecule has 0 spiro atoms. The molecule has 0 saturated heterocycles. The van der Waals surface area contributed by atoms with Crippen molar-refractivity contribution in [3.8, 4) is 0 Å². The maximum Gasteiger partial charge on any atom is 0.0281 e. The molecule has 0 amide bonds. The molecule has 0 aliphatic carbocycles. The van der Waals surface area contributed by atoms with Crippen molar-refractivity contribution < 1.29 is 0 Å². The number of hydrogen-bond donors (Lipinski definition) is 2. The number of benzene rings is 1. The van der Waals surface area contributed by atoms with Crippen LogP contribution in [0.1, 0.15) is 57.9 Å². The van der Waals surface area contributed by atoms with E-state index >= 15 is 0 Å². The molecule has 0 aliphatic rings. The van der Waals surface area contributed by atoms with Gasteiger partial charge in [0.2, 0.25) is 0 Å². The van der Waals surface area contributed by atoms with Gasteiger partial charge in [-0.15, -0.1) is 0 Å². The van der Waals surface area contributed by atoms with E-state index < -0.39 is 0 Å². The van der Waals surface area contributed by atoms with Crippen LogP contribution in [0.2, 0.25) is 0 Å². The molecule has 2 unspecified atom stereocenters. The van der Waals surface area contributed by atoms with E-state index in [1.165, 1.54) is 18.4 Å². The smallest absolute Gasteiger partial charge is 0.0281 e. The maximum absolute atomic E-state index is 5.79. The molecule has 2 nitrogen and oxygen atoms in total. The van der Waals surface area contributed by atoms with Gasteiger partial charge in [0.05, 0.1) is 0 Å². The summed E-state index contributed by atoms with van der Waals surface area (Å²) in [5, 5.41) is 0. The Kier molecular flexibility index (Phi) is 6.99. The summed E-state index contributed by atoms with van der Waals surface area (Å²) in [5.41, 5.74) is 4.45. The van der Waals surface area contributed by atoms with Crippen LogP contribution < -0.4 is 11.3 Å². The topological polar surface area (TPSA) is 38.0 Å². The Labute approximate surface area is 112 Å². The van der Waals surface area contributed by atoms with Crippen molar-refractivity contribution in [3.05, 3.63) is 35.9 Å². The monoisotopic (exact) mass is 248 g/mol. The first-order chi connectivity index (χ1) is 8.76. The van der Waals surface area contributed by atoms with E-state index in [0.717, 1.165) is 18.8 Å². The van der Waals surface area contributed by atoms with Crippen LogP contribution in [0.3, 0.4) is 0 Å². The summed E-state index contributed by atoms with van der Waals surface area (Å²) in [5.74, 6) is 7.07. The largest absolute Gasteiger partial charge is 0.271 e. The summed E-state index contributed by atoms with van der Waals surface area (Å²) in [6.07, 6.45) is 4.76. The second-order valence-corrected chi connectivity index (χ2v) is 5.12. The van der Waals surface area contributed by atoms with Crippen LogP contribution >= 0.6 is 0 Å². The fraction of sp³-hybridized carbons (Fsp3) is 0.625. The van der Waals surface area contributed by atoms with Crippen LogP contribution in [0.15, 0.2) is 30.3 Å². The highest BCUT2D eigenvalue weighted by molar-refractivity contribution is 5.21. The van der Waals surface area contributed by atoms with Gasteiger partial charge in [0.15, 0.2) is 0 Å². The van der Waals surface area contributed by atoms with Gasteiger partial charge in [-0.2, -0.15) is 0 Å². The molecule has 0 aliphatic heterocycles. The summed E-state index contributed by atoms with van der Waals surface area (Å²) in [6.45, 7) is 6.78. The van der Waals surface area contributed by atoms with Crippen LogP contribution in [0, 0.1) is 5.92 Å². The second-order valence-electron chi connectivity index (χ2n) is 5.12. The lowest BCUT2D eigenvalue weighted by molar-refractivity contribution is 0.325. The number of hydrogen-bond acceptors (Lipinski definition) is 2. The Morgan fingerprint density at radius 1 is 1.00 bits per heavy atom. The Morgan fingerprint density at radius 3 is 2.06 bits per heavy atom. The third-order valence-electron chi connectivity index (χ3n) is 4.11. The van der Waals surface area contributed by atoms with Gasteiger partial charge in [0.25, 0.3) is 0 Å². The molecule has 1 rings (SSSR count). The van der Waals surface area contributed by atoms with Gasteiger partial charge in [-0.1, -0.05) is 63.9 Å². The first-order valence-corrected chi connectivity index (χ1v) is 7.27. The Hall–Kier alpha value is -0.860. The highest BCUT2D eigenvalue weighted by Gasteiger charge is 2.22. The molecular formula is C16H28N2. The first-order valence-electron chi connectivity index (χ1n) is 7.27. The van der Waals surface area contributed by atoms with Crippen molar-refractivity contribution >= 4 is 0 Å². The summed E-state index contributed by atoms with van der Waals surface area (Å²) >= 11 is 0. The molecule has 0 heterocycles. The zero-order chi connectivity index (χ0) is 13.4. The van der Waals surface area contributed by atoms with E-state index in [0.29, 0.717) is 12.0 Å². The molecule has 0 radical (unpaired) electrons. The zero-order valence-corrected chi connectivity index (χ0v) is 12.0. The summed E-state index contributed by atoms with van der Waals surface area (Å²) in [7, 11) is 0. The van der Waals surface area contributed by atoms with Crippen molar-refractivity contribution in [3.63, 3.8) is 0 Å². The average Bonchev–Trinajstić information content (AvgIpc) is 2.44. The molecule has 0 aromatic heterocycles. The molecule has 0 saturated carbocycles. The molecule has 3 N–H and O–H groups in total. The van der Waals surface area contributed by atoms with E-state index in [4.69, 9.17) is 5.84 Å². The van der Waals surface area contributed by atoms with Crippen LogP contribution in [-0.4, -0.2) is 6.04 Å². The third kappa shape index (κ3) is 4.11. The minimum atomic E-state index is 0.377. The summed E-state index contributed by atoms with van der Waals surface area (Å²) < 4.78 is 0. The summed E-state index contributed by atoms with van der Waals surface area (Å²) in [4.78, 5) is 0. The van der Waals surface area contributed by atoms with Gasteiger partial charge in [0.1, 0.15) is 0 Å². The van der Waals surface area contributed by atoms with Gasteiger partial charge in [-0.05, 0) is 24.3 Å². The van der Waals surface area contributed by atoms with Gasteiger partial charge >= 0.3 is 0 Å². The quantitative estimate of drug-likeness (QED) is 0.542. The molecular weight excluding hydrogens is 220 g/mol. The van der Waals surface area contributed by atoms with Crippen molar-refractivity contribution in [2.75, 3.05) is 0 Å². The van der Waals surface area contributed by atoms with Crippen LogP contribution in [0.5, 0.6) is 0 Å². The normalized spacial score (nSPS) is 14.7. The molecule has 0 bridgehead atoms. The predicted molar refractivity (Wildman–Crippen MR) is 79.3 cm³/mol. The van der Waals surface area contributed by atoms with Crippen molar-refractivity contribution in [1.29, 1.82) is 0 Å². The highest BCUT2D eigenvalue weighted by atomic mass is 15.2. The van der Waals surface area contributed by atoms with Crippen LogP contribution in [0.25, 0.3) is 0 Å². The highest BCUT2D eigenvalue weighted by Crippen LogP contribution is 2.28. The van der Waals surface area contributed by atoms with E-state index in [1.54, 1.807) is 0 Å². The fourth-order valence-electron chi connectivity index (χ4n) is 2.78. The van der Waals surface area contributed by atoms with E-state index in [2.05, 4.69) is 56.5 Å². The first kappa shape index (κ1) is 15.2. The molecule has 1 aromatic rings. The summed E-state index contributed by atoms with van der Waals surface area (Å²) in [6, 6.07) is 11.1. The lowest BCUT2D eigenvalue weighted by Crippen LogP contribution is -2.41. The molecule has 1 aromatic carbocycles. The average molecular weight is 248 g/mol. The van der Waals surface area contributed by atoms with Crippen LogP contribution in [0.4, 0.5) is 0 Å². The third-order valence-corrected chi connectivity index (χ3v) is 4.11. The lowest BCUT2D eigenvalue weighted by Gasteiger charge is -2.29. The lowest BCUT2D eigenvalue weighted by atomic mass is 9.83.